The topological polar surface area (TPSA) is 28.4 Å². The van der Waals surface area contributed by atoms with Gasteiger partial charge in [0.25, 0.3) is 0 Å². The summed E-state index contributed by atoms with van der Waals surface area (Å²) in [6, 6.07) is 5.43. The second kappa shape index (κ2) is 6.22. The molecular formula is C14H24N2O. The molecule has 2 rings (SSSR count). The Bertz CT molecular complexity index is 310. The third-order valence-corrected chi connectivity index (χ3v) is 3.73. The molecule has 1 aliphatic heterocycles. The van der Waals surface area contributed by atoms with Gasteiger partial charge in [0, 0.05) is 25.0 Å². The van der Waals surface area contributed by atoms with Gasteiger partial charge in [-0.2, -0.15) is 0 Å². The van der Waals surface area contributed by atoms with Crippen molar-refractivity contribution in [3.8, 4) is 0 Å². The highest BCUT2D eigenvalue weighted by molar-refractivity contribution is 4.99. The van der Waals surface area contributed by atoms with E-state index in [4.69, 9.17) is 4.42 Å². The lowest BCUT2D eigenvalue weighted by atomic mass is 9.98. The first kappa shape index (κ1) is 12.7. The summed E-state index contributed by atoms with van der Waals surface area (Å²) in [6.07, 6.45) is 5.34. The van der Waals surface area contributed by atoms with Gasteiger partial charge in [0.1, 0.15) is 5.76 Å². The first-order valence-electron chi connectivity index (χ1n) is 6.79. The highest BCUT2D eigenvalue weighted by Gasteiger charge is 2.24. The molecule has 2 atom stereocenters. The van der Waals surface area contributed by atoms with Crippen molar-refractivity contribution in [1.82, 2.24) is 10.2 Å². The van der Waals surface area contributed by atoms with Gasteiger partial charge in [-0.3, -0.25) is 0 Å². The van der Waals surface area contributed by atoms with Gasteiger partial charge < -0.3 is 14.6 Å². The first-order valence-corrected chi connectivity index (χ1v) is 6.79. The Kier molecular flexibility index (Phi) is 4.63. The van der Waals surface area contributed by atoms with Crippen LogP contribution < -0.4 is 5.32 Å². The van der Waals surface area contributed by atoms with Crippen LogP contribution in [0.1, 0.15) is 32.4 Å². The second-order valence-corrected chi connectivity index (χ2v) is 4.99. The summed E-state index contributed by atoms with van der Waals surface area (Å²) in [6.45, 7) is 7.94. The lowest BCUT2D eigenvalue weighted by Crippen LogP contribution is -2.47. The lowest BCUT2D eigenvalue weighted by molar-refractivity contribution is 0.136. The molecule has 2 heterocycles. The molecule has 96 valence electrons. The van der Waals surface area contributed by atoms with Crippen molar-refractivity contribution in [2.75, 3.05) is 19.6 Å². The maximum Gasteiger partial charge on any atom is 0.105 e. The highest BCUT2D eigenvalue weighted by Crippen LogP contribution is 2.17. The van der Waals surface area contributed by atoms with Crippen molar-refractivity contribution in [1.29, 1.82) is 0 Å². The van der Waals surface area contributed by atoms with Crippen LogP contribution in [-0.2, 0) is 6.42 Å². The van der Waals surface area contributed by atoms with Crippen LogP contribution in [0.15, 0.2) is 22.8 Å². The molecule has 1 aromatic heterocycles. The number of hydrogen-bond donors (Lipinski definition) is 1. The van der Waals surface area contributed by atoms with Crippen molar-refractivity contribution in [2.24, 2.45) is 0 Å². The standard InChI is InChI=1S/C14H24N2O/c1-3-15-13-6-8-16(12(2)11-13)9-7-14-5-4-10-17-14/h4-5,10,12-13,15H,3,6-9,11H2,1-2H3. The van der Waals surface area contributed by atoms with Crippen molar-refractivity contribution in [2.45, 2.75) is 45.2 Å². The third-order valence-electron chi connectivity index (χ3n) is 3.73. The Morgan fingerprint density at radius 3 is 3.06 bits per heavy atom. The van der Waals surface area contributed by atoms with E-state index in [2.05, 4.69) is 30.1 Å². The Balaban J connectivity index is 1.75. The zero-order chi connectivity index (χ0) is 12.1. The number of nitrogens with zero attached hydrogens (tertiary/aromatic N) is 1. The van der Waals surface area contributed by atoms with Gasteiger partial charge in [-0.1, -0.05) is 6.92 Å². The molecule has 0 aromatic carbocycles. The van der Waals surface area contributed by atoms with E-state index in [1.54, 1.807) is 6.26 Å². The molecule has 0 saturated carbocycles. The predicted molar refractivity (Wildman–Crippen MR) is 70.1 cm³/mol. The number of piperidine rings is 1. The van der Waals surface area contributed by atoms with Crippen LogP contribution >= 0.6 is 0 Å². The van der Waals surface area contributed by atoms with E-state index < -0.39 is 0 Å². The Morgan fingerprint density at radius 2 is 2.41 bits per heavy atom. The quantitative estimate of drug-likeness (QED) is 0.850. The van der Waals surface area contributed by atoms with Crippen molar-refractivity contribution < 1.29 is 4.42 Å². The van der Waals surface area contributed by atoms with Crippen molar-refractivity contribution in [3.05, 3.63) is 24.2 Å². The van der Waals surface area contributed by atoms with E-state index in [1.165, 1.54) is 19.4 Å². The monoisotopic (exact) mass is 236 g/mol. The van der Waals surface area contributed by atoms with Gasteiger partial charge in [0.2, 0.25) is 0 Å². The molecule has 0 spiro atoms. The van der Waals surface area contributed by atoms with E-state index in [1.807, 2.05) is 6.07 Å². The van der Waals surface area contributed by atoms with Crippen molar-refractivity contribution in [3.63, 3.8) is 0 Å². The molecule has 1 N–H and O–H groups in total. The Hall–Kier alpha value is -0.800. The van der Waals surface area contributed by atoms with Crippen LogP contribution in [0.5, 0.6) is 0 Å². The number of rotatable bonds is 5. The minimum Gasteiger partial charge on any atom is -0.469 e. The zero-order valence-electron chi connectivity index (χ0n) is 11.0. The van der Waals surface area contributed by atoms with Crippen LogP contribution in [0.3, 0.4) is 0 Å². The molecule has 0 aliphatic carbocycles. The fourth-order valence-electron chi connectivity index (χ4n) is 2.74. The molecule has 1 aromatic rings. The smallest absolute Gasteiger partial charge is 0.105 e. The van der Waals surface area contributed by atoms with Gasteiger partial charge in [-0.05, 0) is 45.0 Å². The second-order valence-electron chi connectivity index (χ2n) is 4.99. The lowest BCUT2D eigenvalue weighted by Gasteiger charge is -2.37. The van der Waals surface area contributed by atoms with Gasteiger partial charge >= 0.3 is 0 Å². The average molecular weight is 236 g/mol. The molecular weight excluding hydrogens is 212 g/mol. The molecule has 0 amide bonds. The van der Waals surface area contributed by atoms with Crippen LogP contribution in [0.25, 0.3) is 0 Å². The maximum absolute atomic E-state index is 5.38. The van der Waals surface area contributed by atoms with Gasteiger partial charge in [0.05, 0.1) is 6.26 Å². The maximum atomic E-state index is 5.38. The summed E-state index contributed by atoms with van der Waals surface area (Å²) in [7, 11) is 0. The van der Waals surface area contributed by atoms with Crippen LogP contribution in [0.2, 0.25) is 0 Å². The van der Waals surface area contributed by atoms with Gasteiger partial charge in [-0.15, -0.1) is 0 Å². The summed E-state index contributed by atoms with van der Waals surface area (Å²) in [4.78, 5) is 2.58. The fraction of sp³-hybridized carbons (Fsp3) is 0.714. The third kappa shape index (κ3) is 3.58. The molecule has 3 nitrogen and oxygen atoms in total. The fourth-order valence-corrected chi connectivity index (χ4v) is 2.74. The summed E-state index contributed by atoms with van der Waals surface area (Å²) in [5, 5.41) is 3.56. The Labute approximate surface area is 104 Å². The van der Waals surface area contributed by atoms with Gasteiger partial charge in [0.15, 0.2) is 0 Å². The first-order chi connectivity index (χ1) is 8.29. The molecule has 1 aliphatic rings. The summed E-state index contributed by atoms with van der Waals surface area (Å²) in [5.74, 6) is 1.10. The normalized spacial score (nSPS) is 26.2. The number of likely N-dealkylation sites (tertiary alicyclic amines) is 1. The van der Waals surface area contributed by atoms with E-state index in [0.717, 1.165) is 31.3 Å². The van der Waals surface area contributed by atoms with E-state index in [0.29, 0.717) is 6.04 Å². The predicted octanol–water partition coefficient (Wildman–Crippen LogP) is 2.28. The van der Waals surface area contributed by atoms with E-state index >= 15 is 0 Å². The van der Waals surface area contributed by atoms with E-state index in [-0.39, 0.29) is 0 Å². The van der Waals surface area contributed by atoms with Gasteiger partial charge in [-0.25, -0.2) is 0 Å². The minimum absolute atomic E-state index is 0.683. The van der Waals surface area contributed by atoms with E-state index in [9.17, 15) is 0 Å². The largest absolute Gasteiger partial charge is 0.469 e. The summed E-state index contributed by atoms with van der Waals surface area (Å²) < 4.78 is 5.38. The highest BCUT2D eigenvalue weighted by atomic mass is 16.3. The molecule has 0 bridgehead atoms. The molecule has 3 heteroatoms. The molecule has 0 radical (unpaired) electrons. The number of furan rings is 1. The molecule has 1 saturated heterocycles. The minimum atomic E-state index is 0.683. The SMILES string of the molecule is CCNC1CCN(CCc2ccco2)C(C)C1. The number of hydrogen-bond acceptors (Lipinski definition) is 3. The van der Waals surface area contributed by atoms with Crippen LogP contribution in [0.4, 0.5) is 0 Å². The summed E-state index contributed by atoms with van der Waals surface area (Å²) in [5.41, 5.74) is 0. The molecule has 17 heavy (non-hydrogen) atoms. The molecule has 1 fully saturated rings. The number of nitrogens with one attached hydrogen (secondary N) is 1. The van der Waals surface area contributed by atoms with Crippen LogP contribution in [0, 0.1) is 0 Å². The zero-order valence-corrected chi connectivity index (χ0v) is 11.0. The Morgan fingerprint density at radius 1 is 1.53 bits per heavy atom. The summed E-state index contributed by atoms with van der Waals surface area (Å²) >= 11 is 0. The van der Waals surface area contributed by atoms with Crippen molar-refractivity contribution >= 4 is 0 Å². The average Bonchev–Trinajstić information content (AvgIpc) is 2.81. The molecule has 2 unspecified atom stereocenters. The van der Waals surface area contributed by atoms with Crippen LogP contribution in [-0.4, -0.2) is 36.6 Å².